The lowest BCUT2D eigenvalue weighted by Gasteiger charge is -2.24. The van der Waals surface area contributed by atoms with E-state index in [2.05, 4.69) is 12.1 Å². The molecule has 1 aliphatic rings. The molecule has 1 aliphatic carbocycles. The van der Waals surface area contributed by atoms with Crippen LogP contribution in [0.3, 0.4) is 0 Å². The molecule has 0 heterocycles. The highest BCUT2D eigenvalue weighted by atomic mass is 16.1. The Morgan fingerprint density at radius 2 is 2.00 bits per heavy atom. The Hall–Kier alpha value is -1.37. The van der Waals surface area contributed by atoms with Gasteiger partial charge in [-0.1, -0.05) is 36.4 Å². The molecule has 1 saturated carbocycles. The average Bonchev–Trinajstić information content (AvgIpc) is 2.30. The molecule has 1 atom stereocenters. The van der Waals surface area contributed by atoms with Gasteiger partial charge in [0.2, 0.25) is 0 Å². The van der Waals surface area contributed by atoms with E-state index in [1.54, 1.807) is 0 Å². The summed E-state index contributed by atoms with van der Waals surface area (Å²) < 4.78 is 0. The predicted octanol–water partition coefficient (Wildman–Crippen LogP) is 3.47. The summed E-state index contributed by atoms with van der Waals surface area (Å²) in [5.74, 6) is 0.662. The first kappa shape index (κ1) is 10.2. The van der Waals surface area contributed by atoms with Crippen LogP contribution in [0.25, 0.3) is 0 Å². The number of hydrogen-bond donors (Lipinski definition) is 0. The van der Waals surface area contributed by atoms with Crippen LogP contribution in [0.1, 0.15) is 37.7 Å². The van der Waals surface area contributed by atoms with E-state index >= 15 is 0 Å². The van der Waals surface area contributed by atoms with Gasteiger partial charge in [0.05, 0.1) is 0 Å². The maximum Gasteiger partial charge on any atom is 0.159 e. The molecule has 1 aromatic rings. The summed E-state index contributed by atoms with van der Waals surface area (Å²) in [6, 6.07) is 10.3. The Bertz CT molecular complexity index is 376. The first-order chi connectivity index (χ1) is 7.33. The van der Waals surface area contributed by atoms with Crippen LogP contribution >= 0.6 is 0 Å². The van der Waals surface area contributed by atoms with Crippen molar-refractivity contribution < 1.29 is 4.79 Å². The number of carbonyl (C=O) groups excluding carboxylic acids is 1. The third-order valence-corrected chi connectivity index (χ3v) is 3.11. The number of ketones is 1. The van der Waals surface area contributed by atoms with Gasteiger partial charge < -0.3 is 0 Å². The van der Waals surface area contributed by atoms with E-state index in [1.807, 2.05) is 31.2 Å². The van der Waals surface area contributed by atoms with Gasteiger partial charge >= 0.3 is 0 Å². The lowest BCUT2D eigenvalue weighted by atomic mass is 9.79. The van der Waals surface area contributed by atoms with Gasteiger partial charge in [0.25, 0.3) is 0 Å². The molecule has 2 rings (SSSR count). The molecule has 15 heavy (non-hydrogen) atoms. The number of allylic oxidation sites excluding steroid dienone is 2. The van der Waals surface area contributed by atoms with Gasteiger partial charge in [-0.3, -0.25) is 4.79 Å². The summed E-state index contributed by atoms with van der Waals surface area (Å²) in [5, 5.41) is 0. The van der Waals surface area contributed by atoms with Gasteiger partial charge in [-0.15, -0.1) is 0 Å². The van der Waals surface area contributed by atoms with Gasteiger partial charge in [-0.2, -0.15) is 0 Å². The topological polar surface area (TPSA) is 17.1 Å². The van der Waals surface area contributed by atoms with E-state index in [4.69, 9.17) is 0 Å². The fraction of sp³-hybridized carbons (Fsp3) is 0.357. The number of Topliss-reactive ketones (excluding diaryl/α,β-unsaturated/α-hetero) is 1. The minimum absolute atomic E-state index is 0.331. The van der Waals surface area contributed by atoms with E-state index in [0.717, 1.165) is 24.8 Å². The van der Waals surface area contributed by atoms with Crippen molar-refractivity contribution in [2.24, 2.45) is 0 Å². The number of hydrogen-bond acceptors (Lipinski definition) is 1. The molecule has 1 aromatic carbocycles. The Labute approximate surface area is 90.8 Å². The predicted molar refractivity (Wildman–Crippen MR) is 61.8 cm³/mol. The van der Waals surface area contributed by atoms with Crippen LogP contribution in [0.15, 0.2) is 42.0 Å². The third kappa shape index (κ3) is 2.01. The summed E-state index contributed by atoms with van der Waals surface area (Å²) in [4.78, 5) is 11.7. The summed E-state index contributed by atoms with van der Waals surface area (Å²) in [6.07, 6.45) is 4.84. The maximum atomic E-state index is 11.7. The van der Waals surface area contributed by atoms with Crippen molar-refractivity contribution in [3.05, 3.63) is 47.5 Å². The van der Waals surface area contributed by atoms with Crippen LogP contribution in [-0.2, 0) is 4.79 Å². The zero-order valence-electron chi connectivity index (χ0n) is 9.07. The minimum Gasteiger partial charge on any atom is -0.295 e. The Morgan fingerprint density at radius 3 is 2.67 bits per heavy atom. The van der Waals surface area contributed by atoms with Crippen LogP contribution < -0.4 is 0 Å². The van der Waals surface area contributed by atoms with Crippen LogP contribution in [0.4, 0.5) is 0 Å². The molecular weight excluding hydrogens is 184 g/mol. The summed E-state index contributed by atoms with van der Waals surface area (Å²) in [5.41, 5.74) is 2.28. The quantitative estimate of drug-likeness (QED) is 0.634. The zero-order valence-corrected chi connectivity index (χ0v) is 9.07. The minimum atomic E-state index is 0.331. The molecular formula is C14H16O. The molecule has 0 aliphatic heterocycles. The van der Waals surface area contributed by atoms with Gasteiger partial charge in [-0.25, -0.2) is 0 Å². The second-order valence-corrected chi connectivity index (χ2v) is 4.02. The molecule has 0 saturated heterocycles. The van der Waals surface area contributed by atoms with Crippen LogP contribution in [0, 0.1) is 0 Å². The zero-order chi connectivity index (χ0) is 10.7. The van der Waals surface area contributed by atoms with Crippen molar-refractivity contribution in [1.82, 2.24) is 0 Å². The molecule has 0 amide bonds. The highest BCUT2D eigenvalue weighted by Gasteiger charge is 2.25. The molecule has 1 fully saturated rings. The first-order valence-corrected chi connectivity index (χ1v) is 5.57. The van der Waals surface area contributed by atoms with Gasteiger partial charge in [-0.05, 0) is 30.9 Å². The standard InChI is InChI=1S/C14H16O/c1-2-12-13(9-6-10-14(12)15)11-7-4-3-5-8-11/h2-5,7-8,13H,6,9-10H2,1H3/b12-2+. The molecule has 1 heteroatoms. The molecule has 0 N–H and O–H groups in total. The highest BCUT2D eigenvalue weighted by Crippen LogP contribution is 2.34. The van der Waals surface area contributed by atoms with Crippen molar-refractivity contribution in [3.63, 3.8) is 0 Å². The summed E-state index contributed by atoms with van der Waals surface area (Å²) >= 11 is 0. The molecule has 0 bridgehead atoms. The number of benzene rings is 1. The fourth-order valence-electron chi connectivity index (χ4n) is 2.35. The molecule has 0 aromatic heterocycles. The van der Waals surface area contributed by atoms with Gasteiger partial charge in [0, 0.05) is 12.3 Å². The second-order valence-electron chi connectivity index (χ2n) is 4.02. The number of carbonyl (C=O) groups is 1. The van der Waals surface area contributed by atoms with E-state index in [-0.39, 0.29) is 0 Å². The molecule has 1 nitrogen and oxygen atoms in total. The van der Waals surface area contributed by atoms with Crippen molar-refractivity contribution in [2.75, 3.05) is 0 Å². The van der Waals surface area contributed by atoms with Crippen LogP contribution in [0.5, 0.6) is 0 Å². The molecule has 0 radical (unpaired) electrons. The SMILES string of the molecule is C/C=C1/C(=O)CCCC1c1ccccc1. The normalized spacial score (nSPS) is 24.5. The molecule has 1 unspecified atom stereocenters. The third-order valence-electron chi connectivity index (χ3n) is 3.11. The Balaban J connectivity index is 2.32. The Morgan fingerprint density at radius 1 is 1.27 bits per heavy atom. The smallest absolute Gasteiger partial charge is 0.159 e. The van der Waals surface area contributed by atoms with Crippen molar-refractivity contribution in [3.8, 4) is 0 Å². The largest absolute Gasteiger partial charge is 0.295 e. The first-order valence-electron chi connectivity index (χ1n) is 5.57. The average molecular weight is 200 g/mol. The van der Waals surface area contributed by atoms with Crippen LogP contribution in [0.2, 0.25) is 0 Å². The summed E-state index contributed by atoms with van der Waals surface area (Å²) in [7, 11) is 0. The highest BCUT2D eigenvalue weighted by molar-refractivity contribution is 5.97. The van der Waals surface area contributed by atoms with Crippen molar-refractivity contribution in [2.45, 2.75) is 32.1 Å². The monoisotopic (exact) mass is 200 g/mol. The molecule has 0 spiro atoms. The van der Waals surface area contributed by atoms with Gasteiger partial charge in [0.15, 0.2) is 5.78 Å². The lowest BCUT2D eigenvalue weighted by molar-refractivity contribution is -0.116. The molecule has 78 valence electrons. The maximum absolute atomic E-state index is 11.7. The van der Waals surface area contributed by atoms with Crippen molar-refractivity contribution >= 4 is 5.78 Å². The van der Waals surface area contributed by atoms with E-state index in [1.165, 1.54) is 5.56 Å². The fourth-order valence-corrected chi connectivity index (χ4v) is 2.35. The van der Waals surface area contributed by atoms with E-state index < -0.39 is 0 Å². The lowest BCUT2D eigenvalue weighted by Crippen LogP contribution is -2.17. The van der Waals surface area contributed by atoms with Gasteiger partial charge in [0.1, 0.15) is 0 Å². The van der Waals surface area contributed by atoms with E-state index in [0.29, 0.717) is 11.7 Å². The summed E-state index contributed by atoms with van der Waals surface area (Å²) in [6.45, 7) is 1.97. The van der Waals surface area contributed by atoms with Crippen LogP contribution in [-0.4, -0.2) is 5.78 Å². The van der Waals surface area contributed by atoms with E-state index in [9.17, 15) is 4.79 Å². The Kier molecular flexibility index (Phi) is 3.00. The number of rotatable bonds is 1. The van der Waals surface area contributed by atoms with Crippen molar-refractivity contribution in [1.29, 1.82) is 0 Å². The second kappa shape index (κ2) is 4.43.